The maximum atomic E-state index is 10.4. The van der Waals surface area contributed by atoms with Gasteiger partial charge in [-0.1, -0.05) is 6.08 Å². The average Bonchev–Trinajstić information content (AvgIpc) is 1.99. The van der Waals surface area contributed by atoms with Crippen molar-refractivity contribution in [2.45, 2.75) is 6.04 Å². The van der Waals surface area contributed by atoms with E-state index in [9.17, 15) is 4.79 Å². The Morgan fingerprint density at radius 3 is 2.90 bits per heavy atom. The smallest absolute Gasteiger partial charge is 0.330 e. The number of methoxy groups -OCH3 is 1. The SMILES string of the molecule is COC(=O)/C=C/[C@@H](N)CO. The first-order chi connectivity index (χ1) is 4.70. The number of aliphatic hydroxyl groups is 1. The van der Waals surface area contributed by atoms with Crippen LogP contribution < -0.4 is 5.73 Å². The molecule has 58 valence electrons. The van der Waals surface area contributed by atoms with Crippen LogP contribution in [0.15, 0.2) is 12.2 Å². The monoisotopic (exact) mass is 145 g/mol. The number of aliphatic hydroxyl groups excluding tert-OH is 1. The first-order valence-corrected chi connectivity index (χ1v) is 2.83. The summed E-state index contributed by atoms with van der Waals surface area (Å²) < 4.78 is 4.28. The third kappa shape index (κ3) is 4.05. The van der Waals surface area contributed by atoms with Gasteiger partial charge in [0.15, 0.2) is 0 Å². The van der Waals surface area contributed by atoms with Gasteiger partial charge in [-0.05, 0) is 0 Å². The van der Waals surface area contributed by atoms with Crippen LogP contribution >= 0.6 is 0 Å². The highest BCUT2D eigenvalue weighted by atomic mass is 16.5. The summed E-state index contributed by atoms with van der Waals surface area (Å²) in [5.74, 6) is -0.469. The van der Waals surface area contributed by atoms with E-state index >= 15 is 0 Å². The van der Waals surface area contributed by atoms with Crippen LogP contribution in [-0.2, 0) is 9.53 Å². The number of rotatable bonds is 3. The largest absolute Gasteiger partial charge is 0.466 e. The lowest BCUT2D eigenvalue weighted by molar-refractivity contribution is -0.134. The van der Waals surface area contributed by atoms with E-state index in [2.05, 4.69) is 4.74 Å². The van der Waals surface area contributed by atoms with Crippen molar-refractivity contribution >= 4 is 5.97 Å². The molecule has 0 amide bonds. The molecule has 0 aromatic heterocycles. The van der Waals surface area contributed by atoms with Gasteiger partial charge in [-0.2, -0.15) is 0 Å². The van der Waals surface area contributed by atoms with E-state index in [0.29, 0.717) is 0 Å². The van der Waals surface area contributed by atoms with E-state index in [1.54, 1.807) is 0 Å². The van der Waals surface area contributed by atoms with Gasteiger partial charge < -0.3 is 15.6 Å². The Labute approximate surface area is 59.3 Å². The lowest BCUT2D eigenvalue weighted by Crippen LogP contribution is -2.21. The van der Waals surface area contributed by atoms with Gasteiger partial charge in [0.2, 0.25) is 0 Å². The van der Waals surface area contributed by atoms with E-state index in [1.807, 2.05) is 0 Å². The van der Waals surface area contributed by atoms with Crippen LogP contribution in [0.5, 0.6) is 0 Å². The lowest BCUT2D eigenvalue weighted by atomic mass is 10.3. The predicted molar refractivity (Wildman–Crippen MR) is 36.2 cm³/mol. The van der Waals surface area contributed by atoms with Gasteiger partial charge in [-0.25, -0.2) is 4.79 Å². The number of carbonyl (C=O) groups is 1. The fraction of sp³-hybridized carbons (Fsp3) is 0.500. The molecule has 0 radical (unpaired) electrons. The second-order valence-corrected chi connectivity index (χ2v) is 1.73. The molecule has 0 spiro atoms. The number of nitrogens with two attached hydrogens (primary N) is 1. The minimum absolute atomic E-state index is 0.173. The summed E-state index contributed by atoms with van der Waals surface area (Å²) in [5, 5.41) is 8.39. The topological polar surface area (TPSA) is 72.5 Å². The molecule has 0 fully saturated rings. The Morgan fingerprint density at radius 1 is 1.90 bits per heavy atom. The molecule has 10 heavy (non-hydrogen) atoms. The molecule has 0 aliphatic rings. The molecule has 0 rings (SSSR count). The average molecular weight is 145 g/mol. The molecule has 0 aliphatic heterocycles. The molecule has 0 saturated carbocycles. The van der Waals surface area contributed by atoms with Crippen LogP contribution in [0.2, 0.25) is 0 Å². The zero-order valence-electron chi connectivity index (χ0n) is 5.78. The minimum atomic E-state index is -0.487. The molecule has 3 N–H and O–H groups in total. The highest BCUT2D eigenvalue weighted by molar-refractivity contribution is 5.81. The van der Waals surface area contributed by atoms with Gasteiger partial charge in [-0.3, -0.25) is 0 Å². The van der Waals surface area contributed by atoms with Crippen LogP contribution in [0.3, 0.4) is 0 Å². The second kappa shape index (κ2) is 4.96. The normalized spacial score (nSPS) is 13.5. The maximum absolute atomic E-state index is 10.4. The summed E-state index contributed by atoms with van der Waals surface area (Å²) in [6.07, 6.45) is 2.56. The summed E-state index contributed by atoms with van der Waals surface area (Å²) in [4.78, 5) is 10.4. The molecule has 0 aromatic carbocycles. The zero-order chi connectivity index (χ0) is 7.98. The van der Waals surface area contributed by atoms with Crippen LogP contribution in [-0.4, -0.2) is 30.8 Å². The van der Waals surface area contributed by atoms with E-state index in [-0.39, 0.29) is 6.61 Å². The Morgan fingerprint density at radius 2 is 2.50 bits per heavy atom. The number of esters is 1. The fourth-order valence-corrected chi connectivity index (χ4v) is 0.331. The molecule has 0 heterocycles. The standard InChI is InChI=1S/C6H11NO3/c1-10-6(9)3-2-5(7)4-8/h2-3,5,8H,4,7H2,1H3/b3-2+/t5-/m1/s1. The Kier molecular flexibility index (Phi) is 4.53. The van der Waals surface area contributed by atoms with Gasteiger partial charge >= 0.3 is 5.97 Å². The summed E-state index contributed by atoms with van der Waals surface area (Å²) in [5.41, 5.74) is 5.23. The molecule has 4 heteroatoms. The van der Waals surface area contributed by atoms with Gasteiger partial charge in [-0.15, -0.1) is 0 Å². The third-order valence-electron chi connectivity index (χ3n) is 0.892. The van der Waals surface area contributed by atoms with Crippen molar-refractivity contribution in [2.75, 3.05) is 13.7 Å². The summed E-state index contributed by atoms with van der Waals surface area (Å²) in [7, 11) is 1.27. The molecule has 0 aromatic rings. The maximum Gasteiger partial charge on any atom is 0.330 e. The predicted octanol–water partition coefficient (Wildman–Crippen LogP) is -0.965. The molecule has 0 saturated heterocycles. The van der Waals surface area contributed by atoms with Crippen LogP contribution in [0, 0.1) is 0 Å². The van der Waals surface area contributed by atoms with Crippen molar-refractivity contribution in [3.8, 4) is 0 Å². The number of hydrogen-bond acceptors (Lipinski definition) is 4. The molecule has 0 bridgehead atoms. The molecule has 0 aliphatic carbocycles. The summed E-state index contributed by atoms with van der Waals surface area (Å²) in [6, 6.07) is -0.487. The Balaban J connectivity index is 3.63. The van der Waals surface area contributed by atoms with Crippen molar-refractivity contribution < 1.29 is 14.6 Å². The van der Waals surface area contributed by atoms with E-state index < -0.39 is 12.0 Å². The first-order valence-electron chi connectivity index (χ1n) is 2.83. The molecular weight excluding hydrogens is 134 g/mol. The van der Waals surface area contributed by atoms with Crippen molar-refractivity contribution in [1.29, 1.82) is 0 Å². The van der Waals surface area contributed by atoms with Crippen LogP contribution in [0.1, 0.15) is 0 Å². The number of ether oxygens (including phenoxy) is 1. The molecule has 0 unspecified atom stereocenters. The number of hydrogen-bond donors (Lipinski definition) is 2. The van der Waals surface area contributed by atoms with Gasteiger partial charge in [0.05, 0.1) is 13.7 Å². The third-order valence-corrected chi connectivity index (χ3v) is 0.892. The quantitative estimate of drug-likeness (QED) is 0.396. The Hall–Kier alpha value is -0.870. The summed E-state index contributed by atoms with van der Waals surface area (Å²) in [6.45, 7) is -0.173. The highest BCUT2D eigenvalue weighted by Gasteiger charge is 1.94. The Bertz CT molecular complexity index is 133. The van der Waals surface area contributed by atoms with E-state index in [0.717, 1.165) is 0 Å². The zero-order valence-corrected chi connectivity index (χ0v) is 5.78. The van der Waals surface area contributed by atoms with Crippen molar-refractivity contribution in [3.05, 3.63) is 12.2 Å². The van der Waals surface area contributed by atoms with Gasteiger partial charge in [0.1, 0.15) is 0 Å². The first kappa shape index (κ1) is 9.13. The lowest BCUT2D eigenvalue weighted by Gasteiger charge is -1.97. The van der Waals surface area contributed by atoms with Crippen LogP contribution in [0.4, 0.5) is 0 Å². The fourth-order valence-electron chi connectivity index (χ4n) is 0.331. The summed E-state index contributed by atoms with van der Waals surface area (Å²) >= 11 is 0. The van der Waals surface area contributed by atoms with Crippen molar-refractivity contribution in [1.82, 2.24) is 0 Å². The van der Waals surface area contributed by atoms with Gasteiger partial charge in [0, 0.05) is 12.1 Å². The minimum Gasteiger partial charge on any atom is -0.466 e. The molecular formula is C6H11NO3. The van der Waals surface area contributed by atoms with Crippen molar-refractivity contribution in [2.24, 2.45) is 5.73 Å². The van der Waals surface area contributed by atoms with E-state index in [1.165, 1.54) is 19.3 Å². The van der Waals surface area contributed by atoms with E-state index in [4.69, 9.17) is 10.8 Å². The molecule has 4 nitrogen and oxygen atoms in total. The molecule has 1 atom stereocenters. The van der Waals surface area contributed by atoms with Gasteiger partial charge in [0.25, 0.3) is 0 Å². The second-order valence-electron chi connectivity index (χ2n) is 1.73. The highest BCUT2D eigenvalue weighted by Crippen LogP contribution is 1.81. The number of carbonyl (C=O) groups excluding carboxylic acids is 1. The van der Waals surface area contributed by atoms with Crippen molar-refractivity contribution in [3.63, 3.8) is 0 Å². The van der Waals surface area contributed by atoms with Crippen LogP contribution in [0.25, 0.3) is 0 Å².